The van der Waals surface area contributed by atoms with Crippen molar-refractivity contribution in [2.45, 2.75) is 20.0 Å². The van der Waals surface area contributed by atoms with Crippen molar-refractivity contribution in [2.24, 2.45) is 4.99 Å². The number of nitrogens with one attached hydrogen (secondary N) is 2. The number of benzene rings is 2. The molecule has 0 bridgehead atoms. The molecule has 0 heterocycles. The molecule has 2 aromatic carbocycles. The number of methoxy groups -OCH3 is 3. The van der Waals surface area contributed by atoms with Crippen molar-refractivity contribution in [3.8, 4) is 17.2 Å². The first-order valence-electron chi connectivity index (χ1n) is 9.06. The van der Waals surface area contributed by atoms with Gasteiger partial charge in [0.1, 0.15) is 0 Å². The number of non-ortho nitro benzene ring substituents is 1. The van der Waals surface area contributed by atoms with Crippen LogP contribution in [0.4, 0.5) is 5.69 Å². The Kier molecular flexibility index (Phi) is 10.7. The highest BCUT2D eigenvalue weighted by Gasteiger charge is 2.13. The lowest BCUT2D eigenvalue weighted by molar-refractivity contribution is -0.384. The minimum atomic E-state index is -0.417. The van der Waals surface area contributed by atoms with E-state index in [-0.39, 0.29) is 29.7 Å². The van der Waals surface area contributed by atoms with Crippen molar-refractivity contribution in [3.63, 3.8) is 0 Å². The number of hydrogen-bond donors (Lipinski definition) is 2. The molecule has 0 saturated carbocycles. The van der Waals surface area contributed by atoms with Crippen LogP contribution in [0.3, 0.4) is 0 Å². The Balaban J connectivity index is 0.00000450. The van der Waals surface area contributed by atoms with Gasteiger partial charge in [0.05, 0.1) is 32.8 Å². The summed E-state index contributed by atoms with van der Waals surface area (Å²) in [5.74, 6) is 2.30. The predicted octanol–water partition coefficient (Wildman–Crippen LogP) is 3.49. The summed E-state index contributed by atoms with van der Waals surface area (Å²) in [6.07, 6.45) is 0. The van der Waals surface area contributed by atoms with Crippen LogP contribution in [0.25, 0.3) is 0 Å². The van der Waals surface area contributed by atoms with Gasteiger partial charge in [-0.15, -0.1) is 24.0 Å². The lowest BCUT2D eigenvalue weighted by Gasteiger charge is -2.14. The Morgan fingerprint density at radius 3 is 2.07 bits per heavy atom. The van der Waals surface area contributed by atoms with E-state index in [9.17, 15) is 10.1 Å². The van der Waals surface area contributed by atoms with Crippen molar-refractivity contribution < 1.29 is 19.1 Å². The summed E-state index contributed by atoms with van der Waals surface area (Å²) < 4.78 is 16.1. The SMILES string of the molecule is CCNC(=NCc1cc(OC)c(OC)c(OC)c1)NCc1ccc([N+](=O)[O-])cc1.I. The molecule has 0 spiro atoms. The molecule has 164 valence electrons. The monoisotopic (exact) mass is 530 g/mol. The average molecular weight is 530 g/mol. The number of nitro groups is 1. The van der Waals surface area contributed by atoms with Gasteiger partial charge in [-0.2, -0.15) is 0 Å². The molecule has 0 aliphatic rings. The number of guanidine groups is 1. The van der Waals surface area contributed by atoms with Gasteiger partial charge in [-0.1, -0.05) is 12.1 Å². The fraction of sp³-hybridized carbons (Fsp3) is 0.350. The summed E-state index contributed by atoms with van der Waals surface area (Å²) in [7, 11) is 4.70. The van der Waals surface area contributed by atoms with Crippen LogP contribution in [-0.2, 0) is 13.1 Å². The highest BCUT2D eigenvalue weighted by molar-refractivity contribution is 14.0. The van der Waals surface area contributed by atoms with Crippen LogP contribution in [0.5, 0.6) is 17.2 Å². The lowest BCUT2D eigenvalue weighted by atomic mass is 10.2. The molecule has 0 radical (unpaired) electrons. The van der Waals surface area contributed by atoms with Crippen LogP contribution < -0.4 is 24.8 Å². The minimum Gasteiger partial charge on any atom is -0.493 e. The topological polar surface area (TPSA) is 107 Å². The van der Waals surface area contributed by atoms with E-state index in [4.69, 9.17) is 14.2 Å². The van der Waals surface area contributed by atoms with Crippen LogP contribution in [-0.4, -0.2) is 38.8 Å². The Morgan fingerprint density at radius 1 is 1.00 bits per heavy atom. The second-order valence-electron chi connectivity index (χ2n) is 6.01. The van der Waals surface area contributed by atoms with Crippen molar-refractivity contribution in [1.82, 2.24) is 10.6 Å². The molecule has 30 heavy (non-hydrogen) atoms. The van der Waals surface area contributed by atoms with Gasteiger partial charge in [0.15, 0.2) is 17.5 Å². The normalized spacial score (nSPS) is 10.6. The molecular formula is C20H27IN4O5. The lowest BCUT2D eigenvalue weighted by Crippen LogP contribution is -2.36. The third-order valence-corrected chi connectivity index (χ3v) is 4.10. The van der Waals surface area contributed by atoms with E-state index in [1.807, 2.05) is 19.1 Å². The zero-order valence-electron chi connectivity index (χ0n) is 17.4. The number of nitro benzene ring substituents is 1. The van der Waals surface area contributed by atoms with Gasteiger partial charge in [0.2, 0.25) is 5.75 Å². The highest BCUT2D eigenvalue weighted by atomic mass is 127. The molecule has 10 heteroatoms. The maximum absolute atomic E-state index is 10.8. The van der Waals surface area contributed by atoms with E-state index in [0.717, 1.165) is 11.1 Å². The summed E-state index contributed by atoms with van der Waals surface area (Å²) >= 11 is 0. The molecule has 0 saturated heterocycles. The first-order valence-corrected chi connectivity index (χ1v) is 9.06. The van der Waals surface area contributed by atoms with Crippen LogP contribution in [0, 0.1) is 10.1 Å². The smallest absolute Gasteiger partial charge is 0.269 e. The number of hydrogen-bond acceptors (Lipinski definition) is 6. The fourth-order valence-electron chi connectivity index (χ4n) is 2.66. The van der Waals surface area contributed by atoms with Crippen molar-refractivity contribution >= 4 is 35.6 Å². The van der Waals surface area contributed by atoms with Gasteiger partial charge in [-0.25, -0.2) is 4.99 Å². The summed E-state index contributed by atoms with van der Waals surface area (Å²) in [4.78, 5) is 14.9. The quantitative estimate of drug-likeness (QED) is 0.168. The molecule has 0 amide bonds. The average Bonchev–Trinajstić information content (AvgIpc) is 2.74. The van der Waals surface area contributed by atoms with E-state index in [1.165, 1.54) is 12.1 Å². The van der Waals surface area contributed by atoms with Gasteiger partial charge < -0.3 is 24.8 Å². The maximum atomic E-state index is 10.8. The van der Waals surface area contributed by atoms with Crippen molar-refractivity contribution in [3.05, 3.63) is 57.6 Å². The third-order valence-electron chi connectivity index (χ3n) is 4.10. The summed E-state index contributed by atoms with van der Waals surface area (Å²) in [5, 5.41) is 17.1. The van der Waals surface area contributed by atoms with E-state index < -0.39 is 4.92 Å². The fourth-order valence-corrected chi connectivity index (χ4v) is 2.66. The van der Waals surface area contributed by atoms with E-state index in [1.54, 1.807) is 33.5 Å². The molecule has 2 aromatic rings. The van der Waals surface area contributed by atoms with E-state index in [2.05, 4.69) is 15.6 Å². The van der Waals surface area contributed by atoms with Crippen molar-refractivity contribution in [1.29, 1.82) is 0 Å². The standard InChI is InChI=1S/C20H26N4O5.HI/c1-5-21-20(22-12-14-6-8-16(9-7-14)24(25)26)23-13-15-10-17(27-2)19(29-4)18(11-15)28-3;/h6-11H,5,12-13H2,1-4H3,(H2,21,22,23);1H. The molecule has 9 nitrogen and oxygen atoms in total. The zero-order valence-corrected chi connectivity index (χ0v) is 19.8. The van der Waals surface area contributed by atoms with Crippen LogP contribution >= 0.6 is 24.0 Å². The number of rotatable bonds is 9. The maximum Gasteiger partial charge on any atom is 0.269 e. The second kappa shape index (κ2) is 12.7. The van der Waals surface area contributed by atoms with Crippen LogP contribution in [0.15, 0.2) is 41.4 Å². The molecule has 2 rings (SSSR count). The molecule has 0 unspecified atom stereocenters. The molecule has 0 fully saturated rings. The molecule has 0 aromatic heterocycles. The number of halogens is 1. The Labute approximate surface area is 193 Å². The molecule has 0 aliphatic heterocycles. The van der Waals surface area contributed by atoms with Gasteiger partial charge in [-0.05, 0) is 30.2 Å². The van der Waals surface area contributed by atoms with Crippen molar-refractivity contribution in [2.75, 3.05) is 27.9 Å². The first-order chi connectivity index (χ1) is 14.0. The minimum absolute atomic E-state index is 0. The van der Waals surface area contributed by atoms with Gasteiger partial charge in [0.25, 0.3) is 5.69 Å². The van der Waals surface area contributed by atoms with E-state index >= 15 is 0 Å². The number of aliphatic imine (C=N–C) groups is 1. The zero-order chi connectivity index (χ0) is 21.2. The van der Waals surface area contributed by atoms with Gasteiger partial charge >= 0.3 is 0 Å². The Morgan fingerprint density at radius 2 is 1.60 bits per heavy atom. The van der Waals surface area contributed by atoms with Crippen LogP contribution in [0.1, 0.15) is 18.1 Å². The first kappa shape index (κ1) is 25.3. The molecule has 0 aliphatic carbocycles. The highest BCUT2D eigenvalue weighted by Crippen LogP contribution is 2.38. The Bertz CT molecular complexity index is 834. The second-order valence-corrected chi connectivity index (χ2v) is 6.01. The number of nitrogens with zero attached hydrogens (tertiary/aromatic N) is 2. The number of ether oxygens (including phenoxy) is 3. The summed E-state index contributed by atoms with van der Waals surface area (Å²) in [6.45, 7) is 3.55. The molecule has 0 atom stereocenters. The molecule has 2 N–H and O–H groups in total. The largest absolute Gasteiger partial charge is 0.493 e. The summed E-state index contributed by atoms with van der Waals surface area (Å²) in [6, 6.07) is 10.1. The molecular weight excluding hydrogens is 503 g/mol. The van der Waals surface area contributed by atoms with Crippen LogP contribution in [0.2, 0.25) is 0 Å². The van der Waals surface area contributed by atoms with Gasteiger partial charge in [-0.3, -0.25) is 10.1 Å². The predicted molar refractivity (Wildman–Crippen MR) is 126 cm³/mol. The van der Waals surface area contributed by atoms with E-state index in [0.29, 0.717) is 42.8 Å². The third kappa shape index (κ3) is 6.94. The summed E-state index contributed by atoms with van der Waals surface area (Å²) in [5.41, 5.74) is 1.87. The Hall–Kier alpha value is -2.76. The van der Waals surface area contributed by atoms with Gasteiger partial charge in [0, 0.05) is 25.2 Å².